The van der Waals surface area contributed by atoms with E-state index >= 15 is 0 Å². The second-order valence-corrected chi connectivity index (χ2v) is 5.11. The first-order valence-corrected chi connectivity index (χ1v) is 6.81. The van der Waals surface area contributed by atoms with Gasteiger partial charge in [0.2, 0.25) is 0 Å². The van der Waals surface area contributed by atoms with Crippen LogP contribution in [0.25, 0.3) is 0 Å². The van der Waals surface area contributed by atoms with Gasteiger partial charge in [0.05, 0.1) is 30.6 Å². The smallest absolute Gasteiger partial charge is 0.322 e. The fourth-order valence-corrected chi connectivity index (χ4v) is 2.41. The zero-order valence-corrected chi connectivity index (χ0v) is 12.4. The number of aromatic nitrogens is 2. The molecule has 1 aromatic rings. The molecule has 1 saturated heterocycles. The van der Waals surface area contributed by atoms with E-state index in [-0.39, 0.29) is 19.2 Å². The van der Waals surface area contributed by atoms with Crippen LogP contribution in [0.15, 0.2) is 6.20 Å². The lowest BCUT2D eigenvalue weighted by Crippen LogP contribution is -2.46. The van der Waals surface area contributed by atoms with Gasteiger partial charge in [0.25, 0.3) is 0 Å². The summed E-state index contributed by atoms with van der Waals surface area (Å²) >= 11 is 0. The number of hydrogen-bond acceptors (Lipinski definition) is 4. The average molecular weight is 296 g/mol. The van der Waals surface area contributed by atoms with Crippen molar-refractivity contribution in [1.82, 2.24) is 14.7 Å². The molecule has 1 aromatic heterocycles. The minimum Gasteiger partial charge on any atom is -0.481 e. The maximum absolute atomic E-state index is 12.3. The Bertz CT molecular complexity index is 542. The van der Waals surface area contributed by atoms with Gasteiger partial charge in [0.1, 0.15) is 5.92 Å². The van der Waals surface area contributed by atoms with Crippen LogP contribution in [0.3, 0.4) is 0 Å². The number of carbonyl (C=O) groups excluding carboxylic acids is 1. The molecule has 1 aliphatic heterocycles. The number of nitrogens with one attached hydrogen (secondary N) is 1. The molecule has 1 fully saturated rings. The largest absolute Gasteiger partial charge is 0.481 e. The van der Waals surface area contributed by atoms with Gasteiger partial charge in [0, 0.05) is 20.3 Å². The first-order valence-electron chi connectivity index (χ1n) is 6.81. The normalized spacial score (nSPS) is 21.3. The van der Waals surface area contributed by atoms with E-state index in [0.717, 1.165) is 5.69 Å². The molecule has 0 aliphatic carbocycles. The number of rotatable bonds is 4. The lowest BCUT2D eigenvalue weighted by Gasteiger charge is -2.26. The third-order valence-corrected chi connectivity index (χ3v) is 3.67. The summed E-state index contributed by atoms with van der Waals surface area (Å²) in [7, 11) is 3.36. The second-order valence-electron chi connectivity index (χ2n) is 5.11. The van der Waals surface area contributed by atoms with E-state index in [9.17, 15) is 9.59 Å². The highest BCUT2D eigenvalue weighted by atomic mass is 16.5. The average Bonchev–Trinajstić information content (AvgIpc) is 3.04. The molecule has 21 heavy (non-hydrogen) atoms. The summed E-state index contributed by atoms with van der Waals surface area (Å²) in [6, 6.07) is -0.830. The van der Waals surface area contributed by atoms with Gasteiger partial charge in [0.15, 0.2) is 0 Å². The molecule has 0 bridgehead atoms. The van der Waals surface area contributed by atoms with Crippen molar-refractivity contribution in [3.63, 3.8) is 0 Å². The Morgan fingerprint density at radius 2 is 2.29 bits per heavy atom. The summed E-state index contributed by atoms with van der Waals surface area (Å²) < 4.78 is 6.81. The molecule has 8 heteroatoms. The first kappa shape index (κ1) is 15.3. The third-order valence-electron chi connectivity index (χ3n) is 3.67. The number of aliphatic carboxylic acids is 1. The second kappa shape index (κ2) is 6.13. The van der Waals surface area contributed by atoms with Crippen molar-refractivity contribution in [3.05, 3.63) is 11.9 Å². The number of carbonyl (C=O) groups is 2. The summed E-state index contributed by atoms with van der Waals surface area (Å²) in [6.07, 6.45) is 2.43. The summed E-state index contributed by atoms with van der Waals surface area (Å²) in [5.41, 5.74) is 1.43. The number of aryl methyl sites for hydroxylation is 2. The number of anilines is 1. The summed E-state index contributed by atoms with van der Waals surface area (Å²) in [4.78, 5) is 24.8. The van der Waals surface area contributed by atoms with Crippen LogP contribution in [-0.2, 0) is 23.0 Å². The van der Waals surface area contributed by atoms with E-state index in [0.29, 0.717) is 12.1 Å². The van der Waals surface area contributed by atoms with Gasteiger partial charge in [-0.2, -0.15) is 5.10 Å². The Balaban J connectivity index is 2.07. The van der Waals surface area contributed by atoms with Crippen LogP contribution in [-0.4, -0.2) is 58.1 Å². The molecule has 2 rings (SSSR count). The van der Waals surface area contributed by atoms with Crippen molar-refractivity contribution in [2.24, 2.45) is 13.0 Å². The number of carboxylic acids is 1. The van der Waals surface area contributed by atoms with E-state index in [4.69, 9.17) is 9.84 Å². The molecule has 116 valence electrons. The molecule has 2 atom stereocenters. The third kappa shape index (κ3) is 3.15. The van der Waals surface area contributed by atoms with Crippen molar-refractivity contribution in [2.75, 3.05) is 25.6 Å². The number of nitrogens with zero attached hydrogens (tertiary/aromatic N) is 3. The van der Waals surface area contributed by atoms with E-state index in [1.807, 2.05) is 6.92 Å². The molecule has 2 N–H and O–H groups in total. The minimum atomic E-state index is -0.951. The van der Waals surface area contributed by atoms with E-state index in [1.54, 1.807) is 25.0 Å². The van der Waals surface area contributed by atoms with Gasteiger partial charge in [-0.15, -0.1) is 0 Å². The summed E-state index contributed by atoms with van der Waals surface area (Å²) in [6.45, 7) is 2.31. The Morgan fingerprint density at radius 3 is 2.90 bits per heavy atom. The predicted molar refractivity (Wildman–Crippen MR) is 75.1 cm³/mol. The fourth-order valence-electron chi connectivity index (χ4n) is 2.41. The fraction of sp³-hybridized carbons (Fsp3) is 0.615. The van der Waals surface area contributed by atoms with Crippen LogP contribution >= 0.6 is 0 Å². The molecule has 2 amide bonds. The Morgan fingerprint density at radius 1 is 1.57 bits per heavy atom. The highest BCUT2D eigenvalue weighted by Crippen LogP contribution is 2.21. The number of carboxylic acid groups (broad SMARTS) is 1. The molecular formula is C13H20N4O4. The van der Waals surface area contributed by atoms with E-state index < -0.39 is 17.9 Å². The number of amides is 2. The molecule has 0 aromatic carbocycles. The number of urea groups is 1. The first-order chi connectivity index (χ1) is 9.93. The van der Waals surface area contributed by atoms with Crippen LogP contribution < -0.4 is 5.32 Å². The zero-order valence-electron chi connectivity index (χ0n) is 12.4. The topological polar surface area (TPSA) is 96.7 Å². The van der Waals surface area contributed by atoms with Crippen molar-refractivity contribution in [3.8, 4) is 0 Å². The number of hydrogen-bond donors (Lipinski definition) is 2. The molecule has 0 saturated carbocycles. The molecule has 2 heterocycles. The van der Waals surface area contributed by atoms with Crippen molar-refractivity contribution >= 4 is 17.7 Å². The lowest BCUT2D eigenvalue weighted by atomic mass is 10.0. The van der Waals surface area contributed by atoms with E-state index in [1.165, 1.54) is 4.90 Å². The van der Waals surface area contributed by atoms with Gasteiger partial charge >= 0.3 is 12.0 Å². The summed E-state index contributed by atoms with van der Waals surface area (Å²) in [5, 5.41) is 16.2. The van der Waals surface area contributed by atoms with Gasteiger partial charge in [-0.25, -0.2) is 4.79 Å². The molecule has 1 aliphatic rings. The van der Waals surface area contributed by atoms with Crippen molar-refractivity contribution < 1.29 is 19.4 Å². The number of likely N-dealkylation sites (N-methyl/N-ethyl adjacent to an activating group) is 1. The minimum absolute atomic E-state index is 0.130. The Labute approximate surface area is 122 Å². The highest BCUT2D eigenvalue weighted by Gasteiger charge is 2.38. The maximum atomic E-state index is 12.3. The van der Waals surface area contributed by atoms with Crippen LogP contribution in [0.1, 0.15) is 12.6 Å². The maximum Gasteiger partial charge on any atom is 0.322 e. The monoisotopic (exact) mass is 296 g/mol. The van der Waals surface area contributed by atoms with Crippen LogP contribution in [0.4, 0.5) is 10.5 Å². The van der Waals surface area contributed by atoms with Crippen LogP contribution in [0.2, 0.25) is 0 Å². The predicted octanol–water partition coefficient (Wildman–Crippen LogP) is 0.546. The van der Waals surface area contributed by atoms with Crippen molar-refractivity contribution in [1.29, 1.82) is 0 Å². The molecule has 8 nitrogen and oxygen atoms in total. The standard InChI is InChI=1S/C13H20N4O4/c1-4-9-10(5-16(2)15-9)14-13(20)17(3)11-7-21-6-8(11)12(18)19/h5,8,11H,4,6-7H2,1-3H3,(H,14,20)(H,18,19). The summed E-state index contributed by atoms with van der Waals surface area (Å²) in [5.74, 6) is -1.65. The SMILES string of the molecule is CCc1nn(C)cc1NC(=O)N(C)C1COCC1C(=O)O. The highest BCUT2D eigenvalue weighted by molar-refractivity contribution is 5.90. The lowest BCUT2D eigenvalue weighted by molar-refractivity contribution is -0.142. The van der Waals surface area contributed by atoms with Crippen LogP contribution in [0, 0.1) is 5.92 Å². The Kier molecular flexibility index (Phi) is 4.46. The van der Waals surface area contributed by atoms with Gasteiger partial charge in [-0.05, 0) is 6.42 Å². The van der Waals surface area contributed by atoms with Gasteiger partial charge in [-0.3, -0.25) is 9.48 Å². The molecule has 0 radical (unpaired) electrons. The molecule has 2 unspecified atom stereocenters. The zero-order chi connectivity index (χ0) is 15.6. The van der Waals surface area contributed by atoms with Gasteiger partial charge in [-0.1, -0.05) is 6.92 Å². The van der Waals surface area contributed by atoms with Crippen molar-refractivity contribution in [2.45, 2.75) is 19.4 Å². The Hall–Kier alpha value is -2.09. The molecule has 0 spiro atoms. The number of ether oxygens (including phenoxy) is 1. The molecular weight excluding hydrogens is 276 g/mol. The quantitative estimate of drug-likeness (QED) is 0.845. The van der Waals surface area contributed by atoms with Gasteiger partial charge < -0.3 is 20.1 Å². The van der Waals surface area contributed by atoms with E-state index in [2.05, 4.69) is 10.4 Å². The van der Waals surface area contributed by atoms with Crippen LogP contribution in [0.5, 0.6) is 0 Å².